The van der Waals surface area contributed by atoms with Gasteiger partial charge >= 0.3 is 0 Å². The zero-order valence-corrected chi connectivity index (χ0v) is 8.43. The van der Waals surface area contributed by atoms with E-state index in [1.54, 1.807) is 0 Å². The number of anilines is 1. The van der Waals surface area contributed by atoms with E-state index in [9.17, 15) is 0 Å². The Bertz CT molecular complexity index is 265. The minimum atomic E-state index is 1.03. The lowest BCUT2D eigenvalue weighted by Crippen LogP contribution is -2.43. The van der Waals surface area contributed by atoms with Crippen LogP contribution in [0.1, 0.15) is 0 Å². The van der Waals surface area contributed by atoms with Gasteiger partial charge in [-0.15, -0.1) is 12.6 Å². The highest BCUT2D eigenvalue weighted by molar-refractivity contribution is 7.80. The summed E-state index contributed by atoms with van der Waals surface area (Å²) >= 11 is 4.26. The highest BCUT2D eigenvalue weighted by Crippen LogP contribution is 2.16. The fraction of sp³-hybridized carbons (Fsp3) is 0.400. The third-order valence-electron chi connectivity index (χ3n) is 2.33. The van der Waals surface area contributed by atoms with Gasteiger partial charge in [-0.25, -0.2) is 0 Å². The van der Waals surface area contributed by atoms with E-state index in [0.29, 0.717) is 0 Å². The van der Waals surface area contributed by atoms with Crippen molar-refractivity contribution in [2.75, 3.05) is 31.1 Å². The van der Waals surface area contributed by atoms with Gasteiger partial charge in [0.05, 0.1) is 0 Å². The smallest absolute Gasteiger partial charge is 0.0367 e. The zero-order valence-electron chi connectivity index (χ0n) is 7.53. The van der Waals surface area contributed by atoms with Gasteiger partial charge in [-0.2, -0.15) is 0 Å². The summed E-state index contributed by atoms with van der Waals surface area (Å²) < 4.78 is 0. The minimum absolute atomic E-state index is 1.03. The second kappa shape index (κ2) is 4.03. The van der Waals surface area contributed by atoms with E-state index in [2.05, 4.69) is 35.0 Å². The lowest BCUT2D eigenvalue weighted by Gasteiger charge is -2.29. The Balaban J connectivity index is 2.10. The highest BCUT2D eigenvalue weighted by Gasteiger charge is 2.09. The van der Waals surface area contributed by atoms with Crippen LogP contribution in [0.15, 0.2) is 29.2 Å². The van der Waals surface area contributed by atoms with Crippen molar-refractivity contribution < 1.29 is 0 Å². The van der Waals surface area contributed by atoms with Crippen molar-refractivity contribution in [3.63, 3.8) is 0 Å². The molecule has 1 aliphatic heterocycles. The molecule has 1 N–H and O–H groups in total. The van der Waals surface area contributed by atoms with Gasteiger partial charge in [-0.05, 0) is 24.3 Å². The Kier molecular flexibility index (Phi) is 2.76. The highest BCUT2D eigenvalue weighted by atomic mass is 32.1. The molecule has 1 aliphatic rings. The summed E-state index contributed by atoms with van der Waals surface area (Å²) in [6, 6.07) is 8.35. The number of benzene rings is 1. The Morgan fingerprint density at radius 3 is 2.31 bits per heavy atom. The first-order valence-electron chi connectivity index (χ1n) is 4.61. The van der Waals surface area contributed by atoms with Crippen molar-refractivity contribution in [1.82, 2.24) is 5.32 Å². The molecule has 0 spiro atoms. The van der Waals surface area contributed by atoms with Crippen molar-refractivity contribution in [1.29, 1.82) is 0 Å². The lowest BCUT2D eigenvalue weighted by molar-refractivity contribution is 0.589. The molecule has 0 bridgehead atoms. The normalized spacial score (nSPS) is 17.5. The van der Waals surface area contributed by atoms with Crippen molar-refractivity contribution in [3.8, 4) is 0 Å². The second-order valence-electron chi connectivity index (χ2n) is 3.25. The predicted octanol–water partition coefficient (Wildman–Crippen LogP) is 1.38. The molecule has 0 atom stereocenters. The van der Waals surface area contributed by atoms with E-state index in [1.165, 1.54) is 5.69 Å². The average Bonchev–Trinajstić information content (AvgIpc) is 2.20. The monoisotopic (exact) mass is 194 g/mol. The van der Waals surface area contributed by atoms with E-state index in [-0.39, 0.29) is 0 Å². The van der Waals surface area contributed by atoms with Gasteiger partial charge in [0.2, 0.25) is 0 Å². The zero-order chi connectivity index (χ0) is 9.10. The van der Waals surface area contributed by atoms with Crippen LogP contribution in [-0.4, -0.2) is 26.2 Å². The van der Waals surface area contributed by atoms with Gasteiger partial charge < -0.3 is 10.2 Å². The molecule has 2 rings (SSSR count). The molecule has 0 amide bonds. The Morgan fingerprint density at radius 1 is 1.08 bits per heavy atom. The van der Waals surface area contributed by atoms with E-state index in [4.69, 9.17) is 0 Å². The number of hydrogen-bond acceptors (Lipinski definition) is 3. The Labute approximate surface area is 84.4 Å². The SMILES string of the molecule is Sc1ccc(N2CCNCC2)cc1. The third-order valence-corrected chi connectivity index (χ3v) is 2.63. The number of piperazine rings is 1. The number of nitrogens with zero attached hydrogens (tertiary/aromatic N) is 1. The van der Waals surface area contributed by atoms with E-state index >= 15 is 0 Å². The van der Waals surface area contributed by atoms with Crippen molar-refractivity contribution >= 4 is 18.3 Å². The third kappa shape index (κ3) is 2.17. The molecule has 1 heterocycles. The number of nitrogens with one attached hydrogen (secondary N) is 1. The average molecular weight is 194 g/mol. The van der Waals surface area contributed by atoms with Gasteiger partial charge in [0, 0.05) is 36.8 Å². The molecule has 0 saturated carbocycles. The van der Waals surface area contributed by atoms with Crippen LogP contribution >= 0.6 is 12.6 Å². The van der Waals surface area contributed by atoms with Crippen molar-refractivity contribution in [2.45, 2.75) is 4.90 Å². The van der Waals surface area contributed by atoms with Crippen molar-refractivity contribution in [2.24, 2.45) is 0 Å². The number of hydrogen-bond donors (Lipinski definition) is 2. The molecular weight excluding hydrogens is 180 g/mol. The van der Waals surface area contributed by atoms with E-state index in [1.807, 2.05) is 12.1 Å². The first-order chi connectivity index (χ1) is 6.36. The van der Waals surface area contributed by atoms with Crippen molar-refractivity contribution in [3.05, 3.63) is 24.3 Å². The largest absolute Gasteiger partial charge is 0.369 e. The molecule has 70 valence electrons. The fourth-order valence-electron chi connectivity index (χ4n) is 1.59. The molecule has 1 aromatic rings. The van der Waals surface area contributed by atoms with Crippen LogP contribution in [-0.2, 0) is 0 Å². The van der Waals surface area contributed by atoms with Crippen LogP contribution in [0.2, 0.25) is 0 Å². The summed E-state index contributed by atoms with van der Waals surface area (Å²) in [5.41, 5.74) is 1.30. The number of rotatable bonds is 1. The van der Waals surface area contributed by atoms with E-state index < -0.39 is 0 Å². The first kappa shape index (κ1) is 8.91. The maximum Gasteiger partial charge on any atom is 0.0367 e. The summed E-state index contributed by atoms with van der Waals surface area (Å²) in [5, 5.41) is 3.34. The molecule has 3 heteroatoms. The summed E-state index contributed by atoms with van der Waals surface area (Å²) in [6.45, 7) is 4.38. The summed E-state index contributed by atoms with van der Waals surface area (Å²) in [4.78, 5) is 3.42. The molecule has 0 unspecified atom stereocenters. The second-order valence-corrected chi connectivity index (χ2v) is 3.77. The van der Waals surface area contributed by atoms with Gasteiger partial charge in [0.25, 0.3) is 0 Å². The topological polar surface area (TPSA) is 15.3 Å². The van der Waals surface area contributed by atoms with Crippen LogP contribution in [0.3, 0.4) is 0 Å². The maximum absolute atomic E-state index is 4.26. The molecule has 1 saturated heterocycles. The Morgan fingerprint density at radius 2 is 1.69 bits per heavy atom. The summed E-state index contributed by atoms with van der Waals surface area (Å²) in [5.74, 6) is 0. The van der Waals surface area contributed by atoms with Gasteiger partial charge in [-0.1, -0.05) is 0 Å². The molecule has 0 radical (unpaired) electrons. The molecule has 1 aromatic carbocycles. The maximum atomic E-state index is 4.26. The predicted molar refractivity (Wildman–Crippen MR) is 58.8 cm³/mol. The molecule has 1 fully saturated rings. The molecule has 2 nitrogen and oxygen atoms in total. The van der Waals surface area contributed by atoms with Gasteiger partial charge in [0.1, 0.15) is 0 Å². The summed E-state index contributed by atoms with van der Waals surface area (Å²) in [7, 11) is 0. The fourth-order valence-corrected chi connectivity index (χ4v) is 1.74. The molecule has 13 heavy (non-hydrogen) atoms. The van der Waals surface area contributed by atoms with Crippen LogP contribution in [0.5, 0.6) is 0 Å². The standard InChI is InChI=1S/C10H14N2S/c13-10-3-1-9(2-4-10)12-7-5-11-6-8-12/h1-4,11,13H,5-8H2. The van der Waals surface area contributed by atoms with Crippen LogP contribution in [0.25, 0.3) is 0 Å². The quantitative estimate of drug-likeness (QED) is 0.657. The lowest BCUT2D eigenvalue weighted by atomic mass is 10.2. The Hall–Kier alpha value is -0.670. The van der Waals surface area contributed by atoms with Crippen LogP contribution in [0, 0.1) is 0 Å². The molecule has 0 aliphatic carbocycles. The number of thiol groups is 1. The first-order valence-corrected chi connectivity index (χ1v) is 5.06. The van der Waals surface area contributed by atoms with Crippen LogP contribution in [0.4, 0.5) is 5.69 Å². The minimum Gasteiger partial charge on any atom is -0.369 e. The van der Waals surface area contributed by atoms with E-state index in [0.717, 1.165) is 31.1 Å². The molecular formula is C10H14N2S. The molecule has 0 aromatic heterocycles. The van der Waals surface area contributed by atoms with Gasteiger partial charge in [-0.3, -0.25) is 0 Å². The van der Waals surface area contributed by atoms with Crippen LogP contribution < -0.4 is 10.2 Å². The summed E-state index contributed by atoms with van der Waals surface area (Å²) in [6.07, 6.45) is 0. The van der Waals surface area contributed by atoms with Gasteiger partial charge in [0.15, 0.2) is 0 Å².